The summed E-state index contributed by atoms with van der Waals surface area (Å²) < 4.78 is 5.44. The van der Waals surface area contributed by atoms with Crippen molar-refractivity contribution in [2.24, 2.45) is 0 Å². The number of hydrogen-bond acceptors (Lipinski definition) is 2. The Morgan fingerprint density at radius 1 is 1.29 bits per heavy atom. The lowest BCUT2D eigenvalue weighted by Crippen LogP contribution is -2.29. The topological polar surface area (TPSA) is 33.3 Å². The van der Waals surface area contributed by atoms with Crippen molar-refractivity contribution in [2.75, 3.05) is 18.5 Å². The first kappa shape index (κ1) is 13.9. The number of thiocarbonyl (C=S) groups is 1. The zero-order valence-corrected chi connectivity index (χ0v) is 11.2. The highest BCUT2D eigenvalue weighted by Gasteiger charge is 1.97. The minimum Gasteiger partial charge on any atom is -0.379 e. The van der Waals surface area contributed by atoms with Crippen LogP contribution in [0.4, 0.5) is 5.69 Å². The van der Waals surface area contributed by atoms with Crippen LogP contribution in [-0.4, -0.2) is 24.4 Å². The van der Waals surface area contributed by atoms with Gasteiger partial charge >= 0.3 is 0 Å². The Kier molecular flexibility index (Phi) is 6.58. The van der Waals surface area contributed by atoms with E-state index >= 15 is 0 Å². The molecular weight excluding hydrogens is 232 g/mol. The van der Waals surface area contributed by atoms with Crippen LogP contribution in [0.3, 0.4) is 0 Å². The molecule has 0 aliphatic carbocycles. The summed E-state index contributed by atoms with van der Waals surface area (Å²) in [6, 6.07) is 9.89. The second kappa shape index (κ2) is 8.03. The Morgan fingerprint density at radius 3 is 2.65 bits per heavy atom. The minimum absolute atomic E-state index is 0.296. The standard InChI is InChI=1S/C13H20N2OS/c1-11(2)16-10-6-9-14-13(17)15-12-7-4-3-5-8-12/h3-5,7-8,11H,6,9-10H2,1-2H3,(H2,14,15,17). The molecule has 0 aromatic heterocycles. The smallest absolute Gasteiger partial charge is 0.170 e. The quantitative estimate of drug-likeness (QED) is 0.602. The lowest BCUT2D eigenvalue weighted by atomic mass is 10.3. The summed E-state index contributed by atoms with van der Waals surface area (Å²) in [5, 5.41) is 6.92. The van der Waals surface area contributed by atoms with Gasteiger partial charge in [0.25, 0.3) is 0 Å². The molecule has 0 unspecified atom stereocenters. The second-order valence-corrected chi connectivity index (χ2v) is 4.43. The van der Waals surface area contributed by atoms with Crippen LogP contribution in [0.5, 0.6) is 0 Å². The Balaban J connectivity index is 2.10. The van der Waals surface area contributed by atoms with Crippen LogP contribution in [-0.2, 0) is 4.74 Å². The monoisotopic (exact) mass is 252 g/mol. The number of benzene rings is 1. The van der Waals surface area contributed by atoms with E-state index in [1.165, 1.54) is 0 Å². The van der Waals surface area contributed by atoms with E-state index in [9.17, 15) is 0 Å². The molecule has 1 aromatic rings. The van der Waals surface area contributed by atoms with Gasteiger partial charge in [-0.05, 0) is 44.6 Å². The first-order chi connectivity index (χ1) is 8.18. The van der Waals surface area contributed by atoms with Gasteiger partial charge in [-0.15, -0.1) is 0 Å². The van der Waals surface area contributed by atoms with Gasteiger partial charge in [-0.1, -0.05) is 18.2 Å². The molecule has 17 heavy (non-hydrogen) atoms. The van der Waals surface area contributed by atoms with Gasteiger partial charge in [-0.25, -0.2) is 0 Å². The third-order valence-corrected chi connectivity index (χ3v) is 2.34. The fourth-order valence-corrected chi connectivity index (χ4v) is 1.51. The Morgan fingerprint density at radius 2 is 2.00 bits per heavy atom. The average Bonchev–Trinajstić information content (AvgIpc) is 2.29. The zero-order valence-electron chi connectivity index (χ0n) is 10.4. The minimum atomic E-state index is 0.296. The fraction of sp³-hybridized carbons (Fsp3) is 0.462. The number of rotatable bonds is 6. The Labute approximate surface area is 109 Å². The zero-order chi connectivity index (χ0) is 12.5. The molecule has 0 radical (unpaired) electrons. The molecule has 0 spiro atoms. The lowest BCUT2D eigenvalue weighted by molar-refractivity contribution is 0.0777. The summed E-state index contributed by atoms with van der Waals surface area (Å²) in [5.41, 5.74) is 1.00. The molecule has 1 aromatic carbocycles. The molecule has 1 rings (SSSR count). The predicted octanol–water partition coefficient (Wildman–Crippen LogP) is 2.79. The summed E-state index contributed by atoms with van der Waals surface area (Å²) in [5.74, 6) is 0. The maximum absolute atomic E-state index is 5.44. The van der Waals surface area contributed by atoms with Crippen LogP contribution in [0.25, 0.3) is 0 Å². The van der Waals surface area contributed by atoms with Gasteiger partial charge in [0.1, 0.15) is 0 Å². The van der Waals surface area contributed by atoms with Gasteiger partial charge in [-0.3, -0.25) is 0 Å². The first-order valence-corrected chi connectivity index (χ1v) is 6.31. The van der Waals surface area contributed by atoms with E-state index in [-0.39, 0.29) is 0 Å². The van der Waals surface area contributed by atoms with Gasteiger partial charge in [-0.2, -0.15) is 0 Å². The molecular formula is C13H20N2OS. The molecule has 94 valence electrons. The first-order valence-electron chi connectivity index (χ1n) is 5.90. The molecule has 0 heterocycles. The highest BCUT2D eigenvalue weighted by Crippen LogP contribution is 2.04. The van der Waals surface area contributed by atoms with E-state index in [2.05, 4.69) is 10.6 Å². The van der Waals surface area contributed by atoms with Gasteiger partial charge in [0.05, 0.1) is 6.10 Å². The van der Waals surface area contributed by atoms with Crippen LogP contribution in [0.1, 0.15) is 20.3 Å². The van der Waals surface area contributed by atoms with Crippen molar-refractivity contribution in [3.05, 3.63) is 30.3 Å². The van der Waals surface area contributed by atoms with E-state index in [1.807, 2.05) is 44.2 Å². The van der Waals surface area contributed by atoms with Gasteiger partial charge in [0.15, 0.2) is 5.11 Å². The number of anilines is 1. The summed E-state index contributed by atoms with van der Waals surface area (Å²) in [4.78, 5) is 0. The third-order valence-electron chi connectivity index (χ3n) is 2.09. The molecule has 3 nitrogen and oxygen atoms in total. The third kappa shape index (κ3) is 6.92. The van der Waals surface area contributed by atoms with Gasteiger partial charge in [0.2, 0.25) is 0 Å². The summed E-state index contributed by atoms with van der Waals surface area (Å²) in [7, 11) is 0. The number of nitrogens with one attached hydrogen (secondary N) is 2. The van der Waals surface area contributed by atoms with Crippen molar-refractivity contribution in [2.45, 2.75) is 26.4 Å². The Hall–Kier alpha value is -1.13. The van der Waals surface area contributed by atoms with Crippen molar-refractivity contribution in [3.8, 4) is 0 Å². The van der Waals surface area contributed by atoms with E-state index in [0.29, 0.717) is 11.2 Å². The SMILES string of the molecule is CC(C)OCCCNC(=S)Nc1ccccc1. The van der Waals surface area contributed by atoms with Crippen molar-refractivity contribution < 1.29 is 4.74 Å². The molecule has 0 atom stereocenters. The number of hydrogen-bond donors (Lipinski definition) is 2. The normalized spacial score (nSPS) is 10.3. The number of ether oxygens (including phenoxy) is 1. The van der Waals surface area contributed by atoms with Crippen molar-refractivity contribution in [3.63, 3.8) is 0 Å². The van der Waals surface area contributed by atoms with Crippen LogP contribution < -0.4 is 10.6 Å². The lowest BCUT2D eigenvalue weighted by Gasteiger charge is -2.11. The molecule has 0 fully saturated rings. The molecule has 0 bridgehead atoms. The maximum atomic E-state index is 5.44. The molecule has 0 aliphatic heterocycles. The van der Waals surface area contributed by atoms with Crippen LogP contribution in [0, 0.1) is 0 Å². The van der Waals surface area contributed by atoms with Crippen LogP contribution >= 0.6 is 12.2 Å². The second-order valence-electron chi connectivity index (χ2n) is 4.02. The largest absolute Gasteiger partial charge is 0.379 e. The summed E-state index contributed by atoms with van der Waals surface area (Å²) in [6.07, 6.45) is 1.25. The molecule has 4 heteroatoms. The highest BCUT2D eigenvalue weighted by molar-refractivity contribution is 7.80. The summed E-state index contributed by atoms with van der Waals surface area (Å²) in [6.45, 7) is 5.66. The molecule has 0 saturated heterocycles. The molecule has 0 saturated carbocycles. The number of para-hydroxylation sites is 1. The predicted molar refractivity (Wildman–Crippen MR) is 76.4 cm³/mol. The van der Waals surface area contributed by atoms with Crippen LogP contribution in [0.2, 0.25) is 0 Å². The van der Waals surface area contributed by atoms with Crippen molar-refractivity contribution in [1.29, 1.82) is 0 Å². The van der Waals surface area contributed by atoms with Crippen molar-refractivity contribution >= 4 is 23.0 Å². The average molecular weight is 252 g/mol. The van der Waals surface area contributed by atoms with Gasteiger partial charge < -0.3 is 15.4 Å². The fourth-order valence-electron chi connectivity index (χ4n) is 1.29. The molecule has 2 N–H and O–H groups in total. The van der Waals surface area contributed by atoms with E-state index in [4.69, 9.17) is 17.0 Å². The molecule has 0 amide bonds. The van der Waals surface area contributed by atoms with Crippen LogP contribution in [0.15, 0.2) is 30.3 Å². The molecule has 0 aliphatic rings. The van der Waals surface area contributed by atoms with E-state index < -0.39 is 0 Å². The Bertz CT molecular complexity index is 327. The summed E-state index contributed by atoms with van der Waals surface area (Å²) >= 11 is 5.17. The maximum Gasteiger partial charge on any atom is 0.170 e. The van der Waals surface area contributed by atoms with Crippen molar-refractivity contribution in [1.82, 2.24) is 5.32 Å². The van der Waals surface area contributed by atoms with Gasteiger partial charge in [0, 0.05) is 18.8 Å². The van der Waals surface area contributed by atoms with E-state index in [1.54, 1.807) is 0 Å². The van der Waals surface area contributed by atoms with E-state index in [0.717, 1.165) is 25.3 Å². The highest BCUT2D eigenvalue weighted by atomic mass is 32.1.